The molecule has 1 N–H and O–H groups in total. The number of benzene rings is 1. The maximum absolute atomic E-state index is 3.48. The summed E-state index contributed by atoms with van der Waals surface area (Å²) in [7, 11) is 0. The molecule has 2 saturated heterocycles. The first kappa shape index (κ1) is 19.8. The molecule has 1 aromatic rings. The van der Waals surface area contributed by atoms with E-state index in [0.717, 1.165) is 18.4 Å². The Balaban J connectivity index is 0.00000121. The van der Waals surface area contributed by atoms with Crippen LogP contribution in [0.2, 0.25) is 0 Å². The summed E-state index contributed by atoms with van der Waals surface area (Å²) in [5, 5.41) is 3.48. The molecule has 0 aromatic heterocycles. The van der Waals surface area contributed by atoms with Crippen molar-refractivity contribution in [3.8, 4) is 0 Å². The van der Waals surface area contributed by atoms with Crippen LogP contribution in [0.3, 0.4) is 0 Å². The van der Waals surface area contributed by atoms with Gasteiger partial charge in [-0.25, -0.2) is 0 Å². The van der Waals surface area contributed by atoms with Gasteiger partial charge < -0.3 is 5.32 Å². The Morgan fingerprint density at radius 2 is 1.82 bits per heavy atom. The Labute approximate surface area is 147 Å². The van der Waals surface area contributed by atoms with E-state index >= 15 is 0 Å². The van der Waals surface area contributed by atoms with Gasteiger partial charge in [-0.2, -0.15) is 0 Å². The van der Waals surface area contributed by atoms with E-state index in [0.29, 0.717) is 0 Å². The van der Waals surface area contributed by atoms with Crippen molar-refractivity contribution in [1.29, 1.82) is 0 Å². The molecule has 2 heterocycles. The smallest absolute Gasteiger partial charge is 0.0236 e. The average molecular weight is 345 g/mol. The Morgan fingerprint density at radius 3 is 2.55 bits per heavy atom. The molecule has 1 atom stereocenters. The first-order valence-corrected chi connectivity index (χ1v) is 8.34. The number of nitrogens with one attached hydrogen (secondary N) is 1. The van der Waals surface area contributed by atoms with E-state index in [1.54, 1.807) is 11.1 Å². The fourth-order valence-corrected chi connectivity index (χ4v) is 3.88. The van der Waals surface area contributed by atoms with Crippen LogP contribution in [0.4, 0.5) is 0 Å². The maximum atomic E-state index is 3.48. The molecule has 2 fully saturated rings. The molecule has 2 aliphatic rings. The first-order chi connectivity index (χ1) is 9.83. The van der Waals surface area contributed by atoms with Crippen LogP contribution in [0.15, 0.2) is 24.3 Å². The Hall–Kier alpha value is -0.280. The van der Waals surface area contributed by atoms with Gasteiger partial charge in [-0.1, -0.05) is 31.2 Å². The summed E-state index contributed by atoms with van der Waals surface area (Å²) in [5.74, 6) is 1.64. The fourth-order valence-electron chi connectivity index (χ4n) is 3.88. The zero-order valence-corrected chi connectivity index (χ0v) is 15.2. The van der Waals surface area contributed by atoms with E-state index in [1.165, 1.54) is 51.9 Å². The van der Waals surface area contributed by atoms with Crippen LogP contribution in [-0.4, -0.2) is 31.1 Å². The van der Waals surface area contributed by atoms with Gasteiger partial charge in [0.1, 0.15) is 0 Å². The minimum Gasteiger partial charge on any atom is -0.317 e. The Kier molecular flexibility index (Phi) is 8.78. The van der Waals surface area contributed by atoms with Gasteiger partial charge in [-0.15, -0.1) is 24.8 Å². The quantitative estimate of drug-likeness (QED) is 0.882. The summed E-state index contributed by atoms with van der Waals surface area (Å²) in [5.41, 5.74) is 3.20. The second-order valence-corrected chi connectivity index (χ2v) is 6.71. The van der Waals surface area contributed by atoms with Crippen molar-refractivity contribution in [3.63, 3.8) is 0 Å². The SMILES string of the molecule is CC1CCCN(Cc2ccccc2C2CCNCC2)C1.Cl.Cl. The number of hydrogen-bond donors (Lipinski definition) is 1. The molecule has 0 saturated carbocycles. The summed E-state index contributed by atoms with van der Waals surface area (Å²) in [6.07, 6.45) is 5.38. The summed E-state index contributed by atoms with van der Waals surface area (Å²) in [4.78, 5) is 2.66. The number of halogens is 2. The van der Waals surface area contributed by atoms with Crippen molar-refractivity contribution >= 4 is 24.8 Å². The second kappa shape index (κ2) is 9.77. The summed E-state index contributed by atoms with van der Waals surface area (Å²) >= 11 is 0. The highest BCUT2D eigenvalue weighted by Crippen LogP contribution is 2.29. The molecule has 2 nitrogen and oxygen atoms in total. The molecule has 1 aromatic carbocycles. The minimum atomic E-state index is 0. The molecule has 0 aliphatic carbocycles. The Morgan fingerprint density at radius 1 is 1.09 bits per heavy atom. The van der Waals surface area contributed by atoms with Gasteiger partial charge in [0.25, 0.3) is 0 Å². The zero-order chi connectivity index (χ0) is 13.8. The number of piperidine rings is 2. The van der Waals surface area contributed by atoms with E-state index in [2.05, 4.69) is 41.4 Å². The lowest BCUT2D eigenvalue weighted by Crippen LogP contribution is -2.34. The van der Waals surface area contributed by atoms with Gasteiger partial charge in [-0.3, -0.25) is 4.90 Å². The third-order valence-corrected chi connectivity index (χ3v) is 4.97. The van der Waals surface area contributed by atoms with Gasteiger partial charge in [0.2, 0.25) is 0 Å². The van der Waals surface area contributed by atoms with Crippen molar-refractivity contribution in [2.75, 3.05) is 26.2 Å². The molecular formula is C18H30Cl2N2. The normalized spacial score (nSPS) is 23.4. The van der Waals surface area contributed by atoms with Crippen LogP contribution in [0.25, 0.3) is 0 Å². The second-order valence-electron chi connectivity index (χ2n) is 6.71. The van der Waals surface area contributed by atoms with Crippen LogP contribution < -0.4 is 5.32 Å². The lowest BCUT2D eigenvalue weighted by molar-refractivity contribution is 0.176. The Bertz CT molecular complexity index is 433. The molecule has 0 bridgehead atoms. The molecule has 0 spiro atoms. The van der Waals surface area contributed by atoms with E-state index in [4.69, 9.17) is 0 Å². The molecule has 4 heteroatoms. The highest BCUT2D eigenvalue weighted by molar-refractivity contribution is 5.85. The minimum absolute atomic E-state index is 0. The standard InChI is InChI=1S/C18H28N2.2ClH/c1-15-5-4-12-20(13-15)14-17-6-2-3-7-18(17)16-8-10-19-11-9-16;;/h2-3,6-7,15-16,19H,4-5,8-14H2,1H3;2*1H. The van der Waals surface area contributed by atoms with Crippen LogP contribution >= 0.6 is 24.8 Å². The molecule has 3 rings (SSSR count). The third kappa shape index (κ3) is 5.13. The van der Waals surface area contributed by atoms with Gasteiger partial charge in [-0.05, 0) is 68.3 Å². The number of likely N-dealkylation sites (tertiary alicyclic amines) is 1. The summed E-state index contributed by atoms with van der Waals surface area (Å²) in [6, 6.07) is 9.17. The van der Waals surface area contributed by atoms with Crippen molar-refractivity contribution in [1.82, 2.24) is 10.2 Å². The number of rotatable bonds is 3. The monoisotopic (exact) mass is 344 g/mol. The van der Waals surface area contributed by atoms with Crippen molar-refractivity contribution < 1.29 is 0 Å². The number of hydrogen-bond acceptors (Lipinski definition) is 2. The van der Waals surface area contributed by atoms with Crippen molar-refractivity contribution in [3.05, 3.63) is 35.4 Å². The molecule has 126 valence electrons. The lowest BCUT2D eigenvalue weighted by Gasteiger charge is -2.32. The summed E-state index contributed by atoms with van der Waals surface area (Å²) < 4.78 is 0. The average Bonchev–Trinajstić information content (AvgIpc) is 2.49. The highest BCUT2D eigenvalue weighted by Gasteiger charge is 2.21. The zero-order valence-electron chi connectivity index (χ0n) is 13.6. The van der Waals surface area contributed by atoms with E-state index in [1.807, 2.05) is 0 Å². The third-order valence-electron chi connectivity index (χ3n) is 4.97. The van der Waals surface area contributed by atoms with Crippen LogP contribution in [0.1, 0.15) is 49.7 Å². The van der Waals surface area contributed by atoms with E-state index in [9.17, 15) is 0 Å². The van der Waals surface area contributed by atoms with Gasteiger partial charge >= 0.3 is 0 Å². The van der Waals surface area contributed by atoms with Crippen molar-refractivity contribution in [2.24, 2.45) is 5.92 Å². The first-order valence-electron chi connectivity index (χ1n) is 8.34. The maximum Gasteiger partial charge on any atom is 0.0236 e. The van der Waals surface area contributed by atoms with Gasteiger partial charge in [0, 0.05) is 13.1 Å². The van der Waals surface area contributed by atoms with E-state index in [-0.39, 0.29) is 24.8 Å². The van der Waals surface area contributed by atoms with Crippen LogP contribution in [0.5, 0.6) is 0 Å². The molecule has 2 aliphatic heterocycles. The molecular weight excluding hydrogens is 315 g/mol. The van der Waals surface area contributed by atoms with Crippen molar-refractivity contribution in [2.45, 2.75) is 45.1 Å². The van der Waals surface area contributed by atoms with Gasteiger partial charge in [0.05, 0.1) is 0 Å². The van der Waals surface area contributed by atoms with Gasteiger partial charge in [0.15, 0.2) is 0 Å². The molecule has 22 heavy (non-hydrogen) atoms. The molecule has 0 amide bonds. The summed E-state index contributed by atoms with van der Waals surface area (Å²) in [6.45, 7) is 8.47. The molecule has 0 radical (unpaired) electrons. The lowest BCUT2D eigenvalue weighted by atomic mass is 9.86. The number of nitrogens with zero attached hydrogens (tertiary/aromatic N) is 1. The van der Waals surface area contributed by atoms with Crippen LogP contribution in [0, 0.1) is 5.92 Å². The highest BCUT2D eigenvalue weighted by atomic mass is 35.5. The predicted molar refractivity (Wildman–Crippen MR) is 99.5 cm³/mol. The molecule has 1 unspecified atom stereocenters. The fraction of sp³-hybridized carbons (Fsp3) is 0.667. The topological polar surface area (TPSA) is 15.3 Å². The van der Waals surface area contributed by atoms with E-state index < -0.39 is 0 Å². The van der Waals surface area contributed by atoms with Crippen LogP contribution in [-0.2, 0) is 6.54 Å². The predicted octanol–water partition coefficient (Wildman–Crippen LogP) is 4.23. The largest absolute Gasteiger partial charge is 0.317 e.